The number of rotatable bonds is 8. The second-order valence-electron chi connectivity index (χ2n) is 8.47. The zero-order valence-electron chi connectivity index (χ0n) is 20.0. The third kappa shape index (κ3) is 5.18. The van der Waals surface area contributed by atoms with Crippen LogP contribution in [0.2, 0.25) is 0 Å². The number of amides is 1. The molecule has 0 bridgehead atoms. The molecule has 36 heavy (non-hydrogen) atoms. The number of carbonyl (C=O) groups is 1. The molecule has 5 rings (SSSR count). The molecule has 0 saturated heterocycles. The van der Waals surface area contributed by atoms with Gasteiger partial charge >= 0.3 is 0 Å². The van der Waals surface area contributed by atoms with Gasteiger partial charge in [0.2, 0.25) is 0 Å². The molecule has 0 spiro atoms. The number of aromatic nitrogens is 3. The Bertz CT molecular complexity index is 1490. The second-order valence-corrected chi connectivity index (χ2v) is 8.47. The van der Waals surface area contributed by atoms with Crippen molar-refractivity contribution >= 4 is 40.3 Å². The Morgan fingerprint density at radius 2 is 1.75 bits per heavy atom. The summed E-state index contributed by atoms with van der Waals surface area (Å²) in [6.45, 7) is 2.07. The molecule has 0 radical (unpaired) electrons. The van der Waals surface area contributed by atoms with Crippen molar-refractivity contribution in [2.24, 2.45) is 0 Å². The minimum atomic E-state index is -0.113. The average molecular weight is 474 g/mol. The van der Waals surface area contributed by atoms with E-state index < -0.39 is 0 Å². The van der Waals surface area contributed by atoms with Crippen LogP contribution in [0.1, 0.15) is 46.7 Å². The number of anilines is 2. The molecule has 3 N–H and O–H groups in total. The maximum Gasteiger partial charge on any atom is 0.253 e. The van der Waals surface area contributed by atoms with Crippen molar-refractivity contribution in [3.8, 4) is 0 Å². The van der Waals surface area contributed by atoms with E-state index in [1.54, 1.807) is 6.20 Å². The molecule has 178 valence electrons. The summed E-state index contributed by atoms with van der Waals surface area (Å²) in [5.41, 5.74) is 5.91. The van der Waals surface area contributed by atoms with E-state index in [9.17, 15) is 4.79 Å². The molecule has 0 aliphatic rings. The molecule has 2 aromatic heterocycles. The maximum absolute atomic E-state index is 13.2. The fourth-order valence-electron chi connectivity index (χ4n) is 4.17. The minimum Gasteiger partial charge on any atom is -0.355 e. The molecule has 0 aliphatic carbocycles. The molecule has 3 aromatic carbocycles. The predicted molar refractivity (Wildman–Crippen MR) is 146 cm³/mol. The Balaban J connectivity index is 1.35. The van der Waals surface area contributed by atoms with Crippen molar-refractivity contribution in [2.75, 3.05) is 5.32 Å². The van der Waals surface area contributed by atoms with Gasteiger partial charge in [-0.3, -0.25) is 14.9 Å². The largest absolute Gasteiger partial charge is 0.355 e. The predicted octanol–water partition coefficient (Wildman–Crippen LogP) is 6.75. The van der Waals surface area contributed by atoms with Gasteiger partial charge in [-0.1, -0.05) is 55.5 Å². The normalized spacial score (nSPS) is 12.0. The first-order chi connectivity index (χ1) is 17.7. The van der Waals surface area contributed by atoms with Crippen molar-refractivity contribution in [3.63, 3.8) is 0 Å². The summed E-state index contributed by atoms with van der Waals surface area (Å²) in [7, 11) is 0. The number of nitrogens with zero attached hydrogens (tertiary/aromatic N) is 2. The zero-order valence-corrected chi connectivity index (χ0v) is 20.0. The summed E-state index contributed by atoms with van der Waals surface area (Å²) in [6.07, 6.45) is 6.46. The molecule has 5 aromatic rings. The van der Waals surface area contributed by atoms with E-state index >= 15 is 0 Å². The second kappa shape index (κ2) is 10.7. The Labute approximate surface area is 210 Å². The van der Waals surface area contributed by atoms with Gasteiger partial charge in [-0.25, -0.2) is 0 Å². The Morgan fingerprint density at radius 1 is 0.944 bits per heavy atom. The highest BCUT2D eigenvalue weighted by molar-refractivity contribution is 6.01. The lowest BCUT2D eigenvalue weighted by atomic mass is 10.0. The monoisotopic (exact) mass is 473 g/mol. The van der Waals surface area contributed by atoms with Crippen molar-refractivity contribution in [1.82, 2.24) is 20.5 Å². The molecule has 2 heterocycles. The van der Waals surface area contributed by atoms with Crippen LogP contribution in [0.15, 0.2) is 97.2 Å². The molecule has 1 amide bonds. The van der Waals surface area contributed by atoms with Gasteiger partial charge in [0.15, 0.2) is 0 Å². The van der Waals surface area contributed by atoms with E-state index in [4.69, 9.17) is 0 Å². The van der Waals surface area contributed by atoms with E-state index in [0.29, 0.717) is 5.56 Å². The molecular weight excluding hydrogens is 446 g/mol. The number of pyridine rings is 1. The molecule has 6 nitrogen and oxygen atoms in total. The van der Waals surface area contributed by atoms with Gasteiger partial charge in [0.1, 0.15) is 0 Å². The first-order valence-electron chi connectivity index (χ1n) is 12.0. The van der Waals surface area contributed by atoms with Gasteiger partial charge in [-0.2, -0.15) is 5.10 Å². The SMILES string of the molecule is CCC(NC(=O)c1ccccc1Nc1ccc2c(/C=C/c3ccccn3)n[nH]c2c1)c1ccccc1. The number of H-pyrrole nitrogens is 1. The summed E-state index contributed by atoms with van der Waals surface area (Å²) >= 11 is 0. The minimum absolute atomic E-state index is 0.0503. The van der Waals surface area contributed by atoms with Crippen LogP contribution in [-0.4, -0.2) is 21.1 Å². The smallest absolute Gasteiger partial charge is 0.253 e. The van der Waals surface area contributed by atoms with E-state index in [1.165, 1.54) is 0 Å². The van der Waals surface area contributed by atoms with Gasteiger partial charge in [0, 0.05) is 17.3 Å². The zero-order chi connectivity index (χ0) is 24.7. The first-order valence-corrected chi connectivity index (χ1v) is 12.0. The number of nitrogens with one attached hydrogen (secondary N) is 3. The highest BCUT2D eigenvalue weighted by atomic mass is 16.1. The van der Waals surface area contributed by atoms with Crippen molar-refractivity contribution in [3.05, 3.63) is 120 Å². The number of carbonyl (C=O) groups excluding carboxylic acids is 1. The molecular formula is C30H27N5O. The average Bonchev–Trinajstić information content (AvgIpc) is 3.34. The van der Waals surface area contributed by atoms with Gasteiger partial charge in [-0.05, 0) is 66.6 Å². The molecule has 0 aliphatic heterocycles. The highest BCUT2D eigenvalue weighted by Crippen LogP contribution is 2.26. The van der Waals surface area contributed by atoms with Crippen LogP contribution in [0, 0.1) is 0 Å². The molecule has 6 heteroatoms. The van der Waals surface area contributed by atoms with Crippen LogP contribution in [0.5, 0.6) is 0 Å². The number of benzene rings is 3. The van der Waals surface area contributed by atoms with Gasteiger partial charge in [0.05, 0.1) is 34.2 Å². The quantitative estimate of drug-likeness (QED) is 0.233. The lowest BCUT2D eigenvalue weighted by molar-refractivity contribution is 0.0936. The number of para-hydroxylation sites is 1. The van der Waals surface area contributed by atoms with Gasteiger partial charge < -0.3 is 10.6 Å². The Hall–Kier alpha value is -4.71. The number of fused-ring (bicyclic) bond motifs is 1. The lowest BCUT2D eigenvalue weighted by Gasteiger charge is -2.19. The topological polar surface area (TPSA) is 82.7 Å². The maximum atomic E-state index is 13.2. The Kier molecular flexibility index (Phi) is 6.85. The number of hydrogen-bond acceptors (Lipinski definition) is 4. The fraction of sp³-hybridized carbons (Fsp3) is 0.100. The summed E-state index contributed by atoms with van der Waals surface area (Å²) in [4.78, 5) is 17.5. The lowest BCUT2D eigenvalue weighted by Crippen LogP contribution is -2.28. The summed E-state index contributed by atoms with van der Waals surface area (Å²) in [6, 6.07) is 29.3. The van der Waals surface area contributed by atoms with Crippen LogP contribution in [-0.2, 0) is 0 Å². The van der Waals surface area contributed by atoms with Crippen LogP contribution >= 0.6 is 0 Å². The van der Waals surface area contributed by atoms with Gasteiger partial charge in [-0.15, -0.1) is 0 Å². The fourth-order valence-corrected chi connectivity index (χ4v) is 4.17. The third-order valence-corrected chi connectivity index (χ3v) is 6.06. The summed E-state index contributed by atoms with van der Waals surface area (Å²) in [5.74, 6) is -0.113. The first kappa shape index (κ1) is 23.1. The van der Waals surface area contributed by atoms with E-state index in [2.05, 4.69) is 32.7 Å². The van der Waals surface area contributed by atoms with Gasteiger partial charge in [0.25, 0.3) is 5.91 Å². The molecule has 1 atom stereocenters. The van der Waals surface area contributed by atoms with E-state index in [0.717, 1.165) is 45.6 Å². The standard InChI is InChI=1S/C30H27N5O/c1-2-26(21-10-4-3-5-11-21)33-30(36)25-13-6-7-14-27(25)32-23-15-17-24-28(34-35-29(24)20-23)18-16-22-12-8-9-19-31-22/h3-20,26,32H,2H2,1H3,(H,33,36)(H,34,35)/b18-16+. The summed E-state index contributed by atoms with van der Waals surface area (Å²) in [5, 5.41) is 15.1. The summed E-state index contributed by atoms with van der Waals surface area (Å²) < 4.78 is 0. The Morgan fingerprint density at radius 3 is 2.56 bits per heavy atom. The van der Waals surface area contributed by atoms with Crippen LogP contribution in [0.25, 0.3) is 23.1 Å². The van der Waals surface area contributed by atoms with E-state index in [-0.39, 0.29) is 11.9 Å². The molecule has 1 unspecified atom stereocenters. The van der Waals surface area contributed by atoms with Crippen molar-refractivity contribution in [2.45, 2.75) is 19.4 Å². The van der Waals surface area contributed by atoms with Crippen molar-refractivity contribution < 1.29 is 4.79 Å². The number of hydrogen-bond donors (Lipinski definition) is 3. The van der Waals surface area contributed by atoms with Crippen LogP contribution in [0.3, 0.4) is 0 Å². The molecule has 0 saturated carbocycles. The van der Waals surface area contributed by atoms with Crippen LogP contribution < -0.4 is 10.6 Å². The van der Waals surface area contributed by atoms with E-state index in [1.807, 2.05) is 103 Å². The number of aromatic amines is 1. The molecule has 0 fully saturated rings. The third-order valence-electron chi connectivity index (χ3n) is 6.06. The van der Waals surface area contributed by atoms with Crippen molar-refractivity contribution in [1.29, 1.82) is 0 Å². The highest BCUT2D eigenvalue weighted by Gasteiger charge is 2.17. The van der Waals surface area contributed by atoms with Crippen LogP contribution in [0.4, 0.5) is 11.4 Å².